The summed E-state index contributed by atoms with van der Waals surface area (Å²) in [5.74, 6) is -1.22. The van der Waals surface area contributed by atoms with Crippen LogP contribution in [0, 0.1) is 13.8 Å². The Kier molecular flexibility index (Phi) is 9.33. The number of ketones is 1. The number of nitrogens with zero attached hydrogens (tertiary/aromatic N) is 4. The smallest absolute Gasteiger partial charge is 0.341 e. The maximum absolute atomic E-state index is 14.1. The predicted octanol–water partition coefficient (Wildman–Crippen LogP) is 4.51. The first-order valence-electron chi connectivity index (χ1n) is 18.2. The summed E-state index contributed by atoms with van der Waals surface area (Å²) >= 11 is 0. The van der Waals surface area contributed by atoms with Gasteiger partial charge in [-0.25, -0.2) is 13.2 Å². The Bertz CT molecular complexity index is 2070. The molecule has 4 aliphatic rings. The zero-order valence-electron chi connectivity index (χ0n) is 30.7. The number of hydrogen-bond donors (Lipinski definition) is 0. The van der Waals surface area contributed by atoms with Gasteiger partial charge >= 0.3 is 5.63 Å². The predicted molar refractivity (Wildman–Crippen MR) is 199 cm³/mol. The molecule has 0 bridgehead atoms. The van der Waals surface area contributed by atoms with Gasteiger partial charge in [0.25, 0.3) is 5.91 Å². The maximum Gasteiger partial charge on any atom is 0.341 e. The number of benzene rings is 2. The van der Waals surface area contributed by atoms with Gasteiger partial charge in [-0.15, -0.1) is 0 Å². The van der Waals surface area contributed by atoms with E-state index < -0.39 is 31.7 Å². The van der Waals surface area contributed by atoms with E-state index in [4.69, 9.17) is 9.15 Å². The van der Waals surface area contributed by atoms with Crippen LogP contribution in [0.5, 0.6) is 0 Å². The fraction of sp³-hybridized carbons (Fsp3) is 0.564. The van der Waals surface area contributed by atoms with Gasteiger partial charge in [-0.2, -0.15) is 0 Å². The third-order valence-electron chi connectivity index (χ3n) is 12.0. The summed E-state index contributed by atoms with van der Waals surface area (Å²) in [6.45, 7) is 12.4. The standard InChI is InChI=1S/C39H50N4O7S/c1-24-18-32(41-17-16-40(5)28(20-41)22-49-6)26(3)36-35(24)29-11-15-42(21-31(29)38(46)50-36)37(45)27-9-10-30(33(19-27)43-14-7-8-25(43)2)34(44)23-51(47,48)39(4)12-13-39/h9-10,18-19,25,28H,7-8,11-17,20-23H2,1-6H3/t25-,28-/m1/s1. The molecular weight excluding hydrogens is 669 g/mol. The molecule has 1 aromatic heterocycles. The van der Waals surface area contributed by atoms with E-state index in [1.165, 1.54) is 0 Å². The van der Waals surface area contributed by atoms with Crippen LogP contribution in [0.25, 0.3) is 11.0 Å². The van der Waals surface area contributed by atoms with Crippen LogP contribution < -0.4 is 15.4 Å². The number of Topliss-reactive ketones (excluding diaryl/α,β-unsaturated/α-hetero) is 1. The lowest BCUT2D eigenvalue weighted by Gasteiger charge is -2.41. The topological polar surface area (TPSA) is 121 Å². The zero-order valence-corrected chi connectivity index (χ0v) is 31.5. The molecule has 0 N–H and O–H groups in total. The summed E-state index contributed by atoms with van der Waals surface area (Å²) < 4.78 is 36.8. The molecule has 274 valence electrons. The van der Waals surface area contributed by atoms with Gasteiger partial charge in [0.1, 0.15) is 11.3 Å². The minimum absolute atomic E-state index is 0.122. The molecule has 3 aromatic rings. The van der Waals surface area contributed by atoms with Crippen LogP contribution >= 0.6 is 0 Å². The van der Waals surface area contributed by atoms with E-state index in [0.29, 0.717) is 60.4 Å². The van der Waals surface area contributed by atoms with Gasteiger partial charge in [-0.1, -0.05) is 0 Å². The van der Waals surface area contributed by atoms with Crippen molar-refractivity contribution in [2.75, 3.05) is 69.0 Å². The van der Waals surface area contributed by atoms with Crippen LogP contribution in [0.1, 0.15) is 82.5 Å². The Morgan fingerprint density at radius 3 is 2.49 bits per heavy atom. The quantitative estimate of drug-likeness (QED) is 0.231. The molecule has 2 atom stereocenters. The second kappa shape index (κ2) is 13.3. The summed E-state index contributed by atoms with van der Waals surface area (Å²) in [5.41, 5.74) is 5.99. The molecule has 11 nitrogen and oxygen atoms in total. The largest absolute Gasteiger partial charge is 0.422 e. The lowest BCUT2D eigenvalue weighted by atomic mass is 9.92. The number of aryl methyl sites for hydroxylation is 2. The van der Waals surface area contributed by atoms with E-state index in [9.17, 15) is 22.8 Å². The highest BCUT2D eigenvalue weighted by atomic mass is 32.2. The first-order chi connectivity index (χ1) is 24.2. The molecule has 3 fully saturated rings. The van der Waals surface area contributed by atoms with Gasteiger partial charge in [0.15, 0.2) is 15.6 Å². The van der Waals surface area contributed by atoms with Crippen LogP contribution in [-0.2, 0) is 27.5 Å². The number of methoxy groups -OCH3 is 1. The molecule has 2 aromatic carbocycles. The molecule has 1 amide bonds. The van der Waals surface area contributed by atoms with Crippen molar-refractivity contribution in [2.24, 2.45) is 0 Å². The maximum atomic E-state index is 14.1. The number of likely N-dealkylation sites (N-methyl/N-ethyl adjacent to an activating group) is 1. The van der Waals surface area contributed by atoms with E-state index in [1.54, 1.807) is 37.1 Å². The first kappa shape index (κ1) is 35.7. The van der Waals surface area contributed by atoms with Gasteiger partial charge in [0, 0.05) is 79.3 Å². The summed E-state index contributed by atoms with van der Waals surface area (Å²) in [6.07, 6.45) is 3.55. The molecule has 2 saturated heterocycles. The highest BCUT2D eigenvalue weighted by Gasteiger charge is 2.50. The number of carbonyl (C=O) groups excluding carboxylic acids is 2. The molecule has 12 heteroatoms. The van der Waals surface area contributed by atoms with Crippen molar-refractivity contribution in [3.63, 3.8) is 0 Å². The number of ether oxygens (including phenoxy) is 1. The second-order valence-corrected chi connectivity index (χ2v) is 18.0. The summed E-state index contributed by atoms with van der Waals surface area (Å²) in [5, 5.41) is 0.948. The van der Waals surface area contributed by atoms with Gasteiger partial charge < -0.3 is 23.9 Å². The fourth-order valence-electron chi connectivity index (χ4n) is 8.31. The molecule has 1 saturated carbocycles. The van der Waals surface area contributed by atoms with Crippen molar-refractivity contribution >= 4 is 43.9 Å². The molecule has 0 spiro atoms. The zero-order chi connectivity index (χ0) is 36.4. The number of fused-ring (bicyclic) bond motifs is 3. The van der Waals surface area contributed by atoms with E-state index in [1.807, 2.05) is 6.92 Å². The first-order valence-corrected chi connectivity index (χ1v) is 19.9. The highest BCUT2D eigenvalue weighted by molar-refractivity contribution is 7.93. The molecule has 4 heterocycles. The third-order valence-corrected chi connectivity index (χ3v) is 14.5. The molecule has 3 aliphatic heterocycles. The van der Waals surface area contributed by atoms with E-state index in [2.05, 4.69) is 41.7 Å². The van der Waals surface area contributed by atoms with Gasteiger partial charge in [-0.3, -0.25) is 14.5 Å². The van der Waals surface area contributed by atoms with Crippen LogP contribution in [0.15, 0.2) is 33.5 Å². The second-order valence-electron chi connectivity index (χ2n) is 15.4. The Morgan fingerprint density at radius 1 is 1.04 bits per heavy atom. The Labute approximate surface area is 300 Å². The SMILES string of the molecule is COC[C@H]1CN(c2cc(C)c3c4c(c(=O)oc3c2C)CN(C(=O)c2ccc(C(=O)CS(=O)(=O)C3(C)CC3)c(N3CCC[C@H]3C)c2)CC4)CCN1C. The number of piperazine rings is 1. The van der Waals surface area contributed by atoms with Crippen molar-refractivity contribution in [3.8, 4) is 0 Å². The summed E-state index contributed by atoms with van der Waals surface area (Å²) in [4.78, 5) is 49.8. The monoisotopic (exact) mass is 718 g/mol. The third kappa shape index (κ3) is 6.37. The van der Waals surface area contributed by atoms with Gasteiger partial charge in [-0.05, 0) is 102 Å². The Hall–Kier alpha value is -3.74. The number of sulfone groups is 1. The van der Waals surface area contributed by atoms with Crippen molar-refractivity contribution in [1.29, 1.82) is 0 Å². The number of amides is 1. The van der Waals surface area contributed by atoms with Gasteiger partial charge in [0.05, 0.1) is 29.5 Å². The normalized spacial score (nSPS) is 22.0. The fourth-order valence-corrected chi connectivity index (χ4v) is 9.89. The minimum Gasteiger partial charge on any atom is -0.422 e. The number of anilines is 2. The number of hydrogen-bond acceptors (Lipinski definition) is 10. The highest BCUT2D eigenvalue weighted by Crippen LogP contribution is 2.44. The van der Waals surface area contributed by atoms with Crippen LogP contribution in [0.2, 0.25) is 0 Å². The lowest BCUT2D eigenvalue weighted by Crippen LogP contribution is -2.53. The van der Waals surface area contributed by atoms with Crippen LogP contribution in [-0.4, -0.2) is 106 Å². The number of carbonyl (C=O) groups is 2. The van der Waals surface area contributed by atoms with Crippen LogP contribution in [0.4, 0.5) is 11.4 Å². The molecule has 51 heavy (non-hydrogen) atoms. The molecule has 0 unspecified atom stereocenters. The van der Waals surface area contributed by atoms with E-state index in [-0.39, 0.29) is 24.5 Å². The summed E-state index contributed by atoms with van der Waals surface area (Å²) in [6, 6.07) is 7.58. The molecular formula is C39H50N4O7S. The lowest BCUT2D eigenvalue weighted by molar-refractivity contribution is 0.0732. The molecule has 7 rings (SSSR count). The summed E-state index contributed by atoms with van der Waals surface area (Å²) in [7, 11) is 0.253. The van der Waals surface area contributed by atoms with Gasteiger partial charge in [0.2, 0.25) is 0 Å². The average Bonchev–Trinajstić information content (AvgIpc) is 3.73. The van der Waals surface area contributed by atoms with Crippen molar-refractivity contribution in [2.45, 2.75) is 83.2 Å². The number of rotatable bonds is 9. The van der Waals surface area contributed by atoms with E-state index >= 15 is 0 Å². The Morgan fingerprint density at radius 2 is 1.80 bits per heavy atom. The van der Waals surface area contributed by atoms with Crippen molar-refractivity contribution < 1.29 is 27.2 Å². The molecule has 1 aliphatic carbocycles. The van der Waals surface area contributed by atoms with E-state index in [0.717, 1.165) is 66.8 Å². The molecule has 0 radical (unpaired) electrons. The van der Waals surface area contributed by atoms with Crippen molar-refractivity contribution in [3.05, 3.63) is 68.1 Å². The minimum atomic E-state index is -3.59. The van der Waals surface area contributed by atoms with Crippen LogP contribution in [0.3, 0.4) is 0 Å². The van der Waals surface area contributed by atoms with Crippen molar-refractivity contribution in [1.82, 2.24) is 9.80 Å². The average molecular weight is 719 g/mol. The Balaban J connectivity index is 1.17.